The summed E-state index contributed by atoms with van der Waals surface area (Å²) in [5.74, 6) is 0. The summed E-state index contributed by atoms with van der Waals surface area (Å²) in [5, 5.41) is 14.5. The lowest BCUT2D eigenvalue weighted by Gasteiger charge is -2.18. The maximum absolute atomic E-state index is 9.01. The number of rotatable bonds is 6. The van der Waals surface area contributed by atoms with E-state index in [1.165, 1.54) is 0 Å². The highest BCUT2D eigenvalue weighted by Gasteiger charge is 2.09. The van der Waals surface area contributed by atoms with Crippen LogP contribution in [0.15, 0.2) is 18.5 Å². The second kappa shape index (κ2) is 6.12. The first-order valence-electron chi connectivity index (χ1n) is 6.81. The number of aromatic nitrogens is 3. The molecule has 1 N–H and O–H groups in total. The third-order valence-corrected chi connectivity index (χ3v) is 3.25. The van der Waals surface area contributed by atoms with Crippen molar-refractivity contribution in [1.82, 2.24) is 19.7 Å². The summed E-state index contributed by atoms with van der Waals surface area (Å²) < 4.78 is 1.93. The highest BCUT2D eigenvalue weighted by atomic mass is 16.3. The van der Waals surface area contributed by atoms with Crippen LogP contribution < -0.4 is 0 Å². The molecule has 0 amide bonds. The molecule has 5 nitrogen and oxygen atoms in total. The number of hydrogen-bond donors (Lipinski definition) is 1. The Morgan fingerprint density at radius 1 is 1.37 bits per heavy atom. The molecule has 104 valence electrons. The van der Waals surface area contributed by atoms with Crippen LogP contribution in [0.1, 0.15) is 32.4 Å². The molecular weight excluding hydrogens is 240 g/mol. The van der Waals surface area contributed by atoms with E-state index in [-0.39, 0.29) is 6.61 Å². The Balaban J connectivity index is 2.22. The molecule has 0 fully saturated rings. The predicted octanol–water partition coefficient (Wildman–Crippen LogP) is 1.83. The molecule has 0 aliphatic carbocycles. The van der Waals surface area contributed by atoms with Crippen LogP contribution >= 0.6 is 0 Å². The number of aliphatic hydroxyl groups excluding tert-OH is 1. The Hall–Kier alpha value is -1.46. The zero-order valence-corrected chi connectivity index (χ0v) is 11.9. The quantitative estimate of drug-likeness (QED) is 0.863. The van der Waals surface area contributed by atoms with Gasteiger partial charge in [-0.25, -0.2) is 9.67 Å². The third-order valence-electron chi connectivity index (χ3n) is 3.25. The largest absolute Gasteiger partial charge is 0.395 e. The molecule has 0 unspecified atom stereocenters. The van der Waals surface area contributed by atoms with Gasteiger partial charge in [0.25, 0.3) is 0 Å². The standard InChI is InChI=1S/C14H22N4O/c1-4-17(5-6-19)10-12-7-13-9-16-18(11(2)3)14(13)15-8-12/h7-9,11,19H,4-6,10H2,1-3H3. The zero-order valence-electron chi connectivity index (χ0n) is 11.9. The lowest BCUT2D eigenvalue weighted by Crippen LogP contribution is -2.26. The van der Waals surface area contributed by atoms with Crippen LogP contribution in [0.25, 0.3) is 11.0 Å². The molecule has 0 aliphatic heterocycles. The van der Waals surface area contributed by atoms with E-state index in [0.29, 0.717) is 12.6 Å². The Morgan fingerprint density at radius 3 is 2.79 bits per heavy atom. The second-order valence-corrected chi connectivity index (χ2v) is 5.03. The number of pyridine rings is 1. The van der Waals surface area contributed by atoms with Gasteiger partial charge in [0.1, 0.15) is 0 Å². The van der Waals surface area contributed by atoms with Gasteiger partial charge in [0, 0.05) is 30.7 Å². The van der Waals surface area contributed by atoms with E-state index < -0.39 is 0 Å². The Labute approximate surface area is 113 Å². The molecule has 0 spiro atoms. The minimum Gasteiger partial charge on any atom is -0.395 e. The van der Waals surface area contributed by atoms with Gasteiger partial charge in [-0.15, -0.1) is 0 Å². The molecule has 0 bridgehead atoms. The molecule has 2 heterocycles. The Morgan fingerprint density at radius 2 is 2.16 bits per heavy atom. The minimum absolute atomic E-state index is 0.189. The SMILES string of the molecule is CCN(CCO)Cc1cnc2c(cnn2C(C)C)c1. The first-order chi connectivity index (χ1) is 9.15. The first kappa shape index (κ1) is 14.0. The van der Waals surface area contributed by atoms with Gasteiger partial charge >= 0.3 is 0 Å². The molecule has 19 heavy (non-hydrogen) atoms. The van der Waals surface area contributed by atoms with Crippen molar-refractivity contribution in [3.05, 3.63) is 24.0 Å². The van der Waals surface area contributed by atoms with Crippen molar-refractivity contribution in [1.29, 1.82) is 0 Å². The summed E-state index contributed by atoms with van der Waals surface area (Å²) >= 11 is 0. The normalized spacial score (nSPS) is 11.9. The van der Waals surface area contributed by atoms with Gasteiger partial charge in [0.2, 0.25) is 0 Å². The maximum Gasteiger partial charge on any atom is 0.157 e. The number of nitrogens with zero attached hydrogens (tertiary/aromatic N) is 4. The molecule has 0 aliphatic rings. The predicted molar refractivity (Wildman–Crippen MR) is 75.9 cm³/mol. The monoisotopic (exact) mass is 262 g/mol. The smallest absolute Gasteiger partial charge is 0.157 e. The second-order valence-electron chi connectivity index (χ2n) is 5.03. The molecular formula is C14H22N4O. The highest BCUT2D eigenvalue weighted by Crippen LogP contribution is 2.17. The topological polar surface area (TPSA) is 54.2 Å². The van der Waals surface area contributed by atoms with Crippen LogP contribution in [0.3, 0.4) is 0 Å². The van der Waals surface area contributed by atoms with Crippen LogP contribution in [-0.4, -0.2) is 44.5 Å². The molecule has 0 aromatic carbocycles. The Kier molecular flexibility index (Phi) is 4.50. The van der Waals surface area contributed by atoms with Crippen molar-refractivity contribution in [2.45, 2.75) is 33.4 Å². The molecule has 5 heteroatoms. The van der Waals surface area contributed by atoms with E-state index in [1.807, 2.05) is 17.1 Å². The molecule has 0 saturated carbocycles. The van der Waals surface area contributed by atoms with Crippen molar-refractivity contribution >= 4 is 11.0 Å². The van der Waals surface area contributed by atoms with Crippen molar-refractivity contribution in [3.63, 3.8) is 0 Å². The third kappa shape index (κ3) is 3.11. The summed E-state index contributed by atoms with van der Waals surface area (Å²) in [6, 6.07) is 2.45. The molecule has 0 atom stereocenters. The van der Waals surface area contributed by atoms with Gasteiger partial charge in [-0.3, -0.25) is 4.90 Å². The van der Waals surface area contributed by atoms with Gasteiger partial charge in [-0.2, -0.15) is 5.10 Å². The first-order valence-corrected chi connectivity index (χ1v) is 6.81. The summed E-state index contributed by atoms with van der Waals surface area (Å²) in [6.07, 6.45) is 3.77. The van der Waals surface area contributed by atoms with Gasteiger partial charge < -0.3 is 5.11 Å². The molecule has 2 aromatic rings. The van der Waals surface area contributed by atoms with Crippen molar-refractivity contribution < 1.29 is 5.11 Å². The number of fused-ring (bicyclic) bond motifs is 1. The molecule has 2 aromatic heterocycles. The van der Waals surface area contributed by atoms with Gasteiger partial charge in [-0.05, 0) is 32.0 Å². The van der Waals surface area contributed by atoms with Crippen molar-refractivity contribution in [2.75, 3.05) is 19.7 Å². The zero-order chi connectivity index (χ0) is 13.8. The lowest BCUT2D eigenvalue weighted by atomic mass is 10.2. The number of hydrogen-bond acceptors (Lipinski definition) is 4. The minimum atomic E-state index is 0.189. The number of likely N-dealkylation sites (N-methyl/N-ethyl adjacent to an activating group) is 1. The van der Waals surface area contributed by atoms with Crippen LogP contribution in [0.5, 0.6) is 0 Å². The molecule has 0 saturated heterocycles. The van der Waals surface area contributed by atoms with Crippen LogP contribution in [0.4, 0.5) is 0 Å². The average molecular weight is 262 g/mol. The fourth-order valence-electron chi connectivity index (χ4n) is 2.20. The van der Waals surface area contributed by atoms with Crippen LogP contribution in [0, 0.1) is 0 Å². The van der Waals surface area contributed by atoms with E-state index >= 15 is 0 Å². The Bertz CT molecular complexity index is 535. The molecule has 2 rings (SSSR count). The van der Waals surface area contributed by atoms with E-state index in [2.05, 4.69) is 41.8 Å². The van der Waals surface area contributed by atoms with Crippen molar-refractivity contribution in [2.24, 2.45) is 0 Å². The van der Waals surface area contributed by atoms with Gasteiger partial charge in [0.05, 0.1) is 12.8 Å². The summed E-state index contributed by atoms with van der Waals surface area (Å²) in [7, 11) is 0. The van der Waals surface area contributed by atoms with Crippen molar-refractivity contribution in [3.8, 4) is 0 Å². The van der Waals surface area contributed by atoms with Gasteiger partial charge in [-0.1, -0.05) is 6.92 Å². The van der Waals surface area contributed by atoms with Crippen LogP contribution in [-0.2, 0) is 6.54 Å². The highest BCUT2D eigenvalue weighted by molar-refractivity contribution is 5.75. The van der Waals surface area contributed by atoms with Gasteiger partial charge in [0.15, 0.2) is 5.65 Å². The summed E-state index contributed by atoms with van der Waals surface area (Å²) in [6.45, 7) is 8.91. The summed E-state index contributed by atoms with van der Waals surface area (Å²) in [4.78, 5) is 6.71. The van der Waals surface area contributed by atoms with E-state index in [1.54, 1.807) is 0 Å². The van der Waals surface area contributed by atoms with E-state index in [9.17, 15) is 0 Å². The fourth-order valence-corrected chi connectivity index (χ4v) is 2.20. The fraction of sp³-hybridized carbons (Fsp3) is 0.571. The molecule has 0 radical (unpaired) electrons. The van der Waals surface area contributed by atoms with E-state index in [0.717, 1.165) is 29.7 Å². The lowest BCUT2D eigenvalue weighted by molar-refractivity contribution is 0.196. The van der Waals surface area contributed by atoms with Crippen LogP contribution in [0.2, 0.25) is 0 Å². The maximum atomic E-state index is 9.01. The van der Waals surface area contributed by atoms with E-state index in [4.69, 9.17) is 5.11 Å². The summed E-state index contributed by atoms with van der Waals surface area (Å²) in [5.41, 5.74) is 2.09. The number of aliphatic hydroxyl groups is 1. The average Bonchev–Trinajstić information content (AvgIpc) is 2.81.